The maximum Gasteiger partial charge on any atom is 0.322 e. The van der Waals surface area contributed by atoms with Crippen molar-refractivity contribution in [3.05, 3.63) is 11.4 Å². The number of amides is 4. The molecule has 10 nitrogen and oxygen atoms in total. The number of aromatic nitrogens is 2. The van der Waals surface area contributed by atoms with Gasteiger partial charge in [0.2, 0.25) is 5.91 Å². The van der Waals surface area contributed by atoms with Crippen LogP contribution in [0.1, 0.15) is 17.8 Å². The quantitative estimate of drug-likeness (QED) is 0.655. The largest absolute Gasteiger partial charge is 0.340 e. The van der Waals surface area contributed by atoms with Crippen molar-refractivity contribution in [2.75, 3.05) is 26.2 Å². The molecule has 2 aliphatic rings. The lowest BCUT2D eigenvalue weighted by molar-refractivity contribution is -0.135. The molecule has 2 N–H and O–H groups in total. The van der Waals surface area contributed by atoms with Crippen LogP contribution in [0.5, 0.6) is 0 Å². The number of hydrogen-bond donors (Lipinski definition) is 2. The maximum atomic E-state index is 12.2. The highest BCUT2D eigenvalue weighted by molar-refractivity contribution is 6.05. The predicted molar refractivity (Wildman–Crippen MR) is 76.0 cm³/mol. The predicted octanol–water partition coefficient (Wildman–Crippen LogP) is -1.38. The highest BCUT2D eigenvalue weighted by atomic mass is 16.6. The summed E-state index contributed by atoms with van der Waals surface area (Å²) in [5.41, 5.74) is 1.57. The van der Waals surface area contributed by atoms with Crippen molar-refractivity contribution in [3.63, 3.8) is 0 Å². The molecule has 4 amide bonds. The van der Waals surface area contributed by atoms with E-state index < -0.39 is 18.0 Å². The van der Waals surface area contributed by atoms with Gasteiger partial charge in [0, 0.05) is 32.7 Å². The molecule has 124 valence electrons. The van der Waals surface area contributed by atoms with Crippen LogP contribution in [0.25, 0.3) is 0 Å². The Morgan fingerprint density at radius 2 is 2.00 bits per heavy atom. The Hall–Kier alpha value is -2.49. The molecule has 1 atom stereocenters. The lowest BCUT2D eigenvalue weighted by Crippen LogP contribution is -2.49. The lowest BCUT2D eigenvalue weighted by Gasteiger charge is -2.34. The smallest absolute Gasteiger partial charge is 0.322 e. The summed E-state index contributed by atoms with van der Waals surface area (Å²) in [4.78, 5) is 38.6. The highest BCUT2D eigenvalue weighted by Gasteiger charge is 2.33. The summed E-state index contributed by atoms with van der Waals surface area (Å²) in [5, 5.41) is 12.2. The fourth-order valence-electron chi connectivity index (χ4n) is 2.67. The Morgan fingerprint density at radius 1 is 1.26 bits per heavy atom. The van der Waals surface area contributed by atoms with Crippen molar-refractivity contribution >= 4 is 17.8 Å². The van der Waals surface area contributed by atoms with E-state index in [0.717, 1.165) is 11.4 Å². The molecule has 23 heavy (non-hydrogen) atoms. The molecule has 2 saturated heterocycles. The summed E-state index contributed by atoms with van der Waals surface area (Å²) >= 11 is 0. The minimum absolute atomic E-state index is 0.0100. The molecule has 0 bridgehead atoms. The fourth-order valence-corrected chi connectivity index (χ4v) is 2.67. The molecule has 3 heterocycles. The van der Waals surface area contributed by atoms with Crippen molar-refractivity contribution < 1.29 is 19.0 Å². The first-order chi connectivity index (χ1) is 11.0. The van der Waals surface area contributed by atoms with Crippen molar-refractivity contribution in [1.29, 1.82) is 0 Å². The van der Waals surface area contributed by atoms with Crippen molar-refractivity contribution in [3.8, 4) is 0 Å². The van der Waals surface area contributed by atoms with E-state index in [2.05, 4.69) is 30.5 Å². The maximum absolute atomic E-state index is 12.2. The van der Waals surface area contributed by atoms with Crippen molar-refractivity contribution in [2.45, 2.75) is 25.9 Å². The standard InChI is InChI=1S/C13H18N6O4/c1-8-10(17-23-16-8)7-18-2-4-19(5-3-18)11(20)6-9-12(21)15-13(22)14-9/h9H,2-7H2,1H3,(H2,14,15,21,22)/t9-/m0/s1. The van der Waals surface area contributed by atoms with Gasteiger partial charge >= 0.3 is 6.03 Å². The number of piperazine rings is 1. The van der Waals surface area contributed by atoms with Crippen LogP contribution in [-0.2, 0) is 16.1 Å². The van der Waals surface area contributed by atoms with Gasteiger partial charge in [0.1, 0.15) is 17.4 Å². The molecule has 0 spiro atoms. The summed E-state index contributed by atoms with van der Waals surface area (Å²) in [6.45, 7) is 5.05. The Kier molecular flexibility index (Phi) is 4.24. The van der Waals surface area contributed by atoms with Crippen LogP contribution in [0.3, 0.4) is 0 Å². The second-order valence-electron chi connectivity index (χ2n) is 5.67. The third-order valence-corrected chi connectivity index (χ3v) is 4.08. The molecule has 0 saturated carbocycles. The molecular formula is C13H18N6O4. The fraction of sp³-hybridized carbons (Fsp3) is 0.615. The average Bonchev–Trinajstić information content (AvgIpc) is 3.05. The minimum Gasteiger partial charge on any atom is -0.340 e. The van der Waals surface area contributed by atoms with Gasteiger partial charge in [0.25, 0.3) is 5.91 Å². The zero-order valence-electron chi connectivity index (χ0n) is 12.7. The van der Waals surface area contributed by atoms with Crippen molar-refractivity contribution in [2.24, 2.45) is 0 Å². The molecule has 2 fully saturated rings. The molecule has 0 unspecified atom stereocenters. The van der Waals surface area contributed by atoms with E-state index in [9.17, 15) is 14.4 Å². The van der Waals surface area contributed by atoms with E-state index in [1.165, 1.54) is 0 Å². The Bertz CT molecular complexity index is 622. The molecule has 10 heteroatoms. The summed E-state index contributed by atoms with van der Waals surface area (Å²) in [6, 6.07) is -1.31. The van der Waals surface area contributed by atoms with Gasteiger partial charge < -0.3 is 10.2 Å². The van der Waals surface area contributed by atoms with Crippen LogP contribution in [-0.4, -0.2) is 70.2 Å². The number of rotatable bonds is 4. The summed E-state index contributed by atoms with van der Waals surface area (Å²) in [5.74, 6) is -0.581. The monoisotopic (exact) mass is 322 g/mol. The van der Waals surface area contributed by atoms with Gasteiger partial charge in [-0.15, -0.1) is 0 Å². The highest BCUT2D eigenvalue weighted by Crippen LogP contribution is 2.11. The van der Waals surface area contributed by atoms with Crippen LogP contribution in [0, 0.1) is 6.92 Å². The van der Waals surface area contributed by atoms with Crippen LogP contribution in [0.4, 0.5) is 4.79 Å². The molecule has 1 aromatic rings. The van der Waals surface area contributed by atoms with Gasteiger partial charge in [0.05, 0.1) is 6.42 Å². The molecule has 2 aliphatic heterocycles. The number of urea groups is 1. The van der Waals surface area contributed by atoms with E-state index in [0.29, 0.717) is 32.7 Å². The van der Waals surface area contributed by atoms with Gasteiger partial charge in [-0.3, -0.25) is 19.8 Å². The van der Waals surface area contributed by atoms with Gasteiger partial charge in [-0.1, -0.05) is 10.3 Å². The molecule has 1 aromatic heterocycles. The second-order valence-corrected chi connectivity index (χ2v) is 5.67. The zero-order valence-corrected chi connectivity index (χ0v) is 12.7. The normalized spacial score (nSPS) is 22.1. The summed E-state index contributed by atoms with van der Waals surface area (Å²) in [6.07, 6.45) is -0.0100. The third kappa shape index (κ3) is 3.47. The molecule has 0 radical (unpaired) electrons. The number of carbonyl (C=O) groups is 3. The van der Waals surface area contributed by atoms with Gasteiger partial charge in [-0.05, 0) is 6.92 Å². The number of hydrogen-bond acceptors (Lipinski definition) is 7. The number of carbonyl (C=O) groups excluding carboxylic acids is 3. The van der Waals surface area contributed by atoms with Gasteiger partial charge in [0.15, 0.2) is 0 Å². The zero-order chi connectivity index (χ0) is 16.4. The number of aryl methyl sites for hydroxylation is 1. The van der Waals surface area contributed by atoms with E-state index >= 15 is 0 Å². The third-order valence-electron chi connectivity index (χ3n) is 4.08. The van der Waals surface area contributed by atoms with E-state index in [1.807, 2.05) is 6.92 Å². The minimum atomic E-state index is -0.767. The van der Waals surface area contributed by atoms with Crippen LogP contribution < -0.4 is 10.6 Å². The number of nitrogens with one attached hydrogen (secondary N) is 2. The summed E-state index contributed by atoms with van der Waals surface area (Å²) < 4.78 is 4.68. The van der Waals surface area contributed by atoms with E-state index in [4.69, 9.17) is 0 Å². The Balaban J connectivity index is 1.47. The Morgan fingerprint density at radius 3 is 2.57 bits per heavy atom. The first-order valence-corrected chi connectivity index (χ1v) is 7.42. The van der Waals surface area contributed by atoms with Crippen LogP contribution >= 0.6 is 0 Å². The molecule has 0 aliphatic carbocycles. The summed E-state index contributed by atoms with van der Waals surface area (Å²) in [7, 11) is 0. The molecule has 3 rings (SSSR count). The topological polar surface area (TPSA) is 121 Å². The van der Waals surface area contributed by atoms with Gasteiger partial charge in [-0.25, -0.2) is 9.42 Å². The second kappa shape index (κ2) is 6.32. The van der Waals surface area contributed by atoms with Crippen LogP contribution in [0.2, 0.25) is 0 Å². The van der Waals surface area contributed by atoms with Crippen molar-refractivity contribution in [1.82, 2.24) is 30.7 Å². The van der Waals surface area contributed by atoms with E-state index in [1.54, 1.807) is 4.90 Å². The number of imide groups is 1. The van der Waals surface area contributed by atoms with Crippen LogP contribution in [0.15, 0.2) is 4.63 Å². The number of nitrogens with zero attached hydrogens (tertiary/aromatic N) is 4. The average molecular weight is 322 g/mol. The van der Waals surface area contributed by atoms with Gasteiger partial charge in [-0.2, -0.15) is 0 Å². The molecule has 0 aromatic carbocycles. The Labute approximate surface area is 132 Å². The first-order valence-electron chi connectivity index (χ1n) is 7.42. The SMILES string of the molecule is Cc1nonc1CN1CCN(C(=O)C[C@@H]2NC(=O)NC2=O)CC1. The molecular weight excluding hydrogens is 304 g/mol. The van der Waals surface area contributed by atoms with E-state index in [-0.39, 0.29) is 12.3 Å². The lowest BCUT2D eigenvalue weighted by atomic mass is 10.1. The first kappa shape index (κ1) is 15.4.